The fraction of sp³-hybridized carbons (Fsp3) is 0. The summed E-state index contributed by atoms with van der Waals surface area (Å²) < 4.78 is 0. The molecule has 2 aromatic carbocycles. The average Bonchev–Trinajstić information content (AvgIpc) is 3.03. The molecular weight excluding hydrogens is 300 g/mol. The number of nitrogen functional groups attached to an aromatic ring is 1. The lowest BCUT2D eigenvalue weighted by atomic mass is 9.96. The van der Waals surface area contributed by atoms with E-state index in [9.17, 15) is 0 Å². The first kappa shape index (κ1) is 13.9. The van der Waals surface area contributed by atoms with E-state index >= 15 is 0 Å². The van der Waals surface area contributed by atoms with Crippen LogP contribution in [0.4, 0.5) is 5.82 Å². The second-order valence-corrected chi connectivity index (χ2v) is 5.32. The number of nitrogens with zero attached hydrogens (tertiary/aromatic N) is 4. The van der Waals surface area contributed by atoms with Crippen molar-refractivity contribution in [1.29, 1.82) is 5.26 Å². The van der Waals surface area contributed by atoms with Crippen molar-refractivity contribution < 1.29 is 0 Å². The Morgan fingerprint density at radius 2 is 1.75 bits per heavy atom. The van der Waals surface area contributed by atoms with E-state index in [1.54, 1.807) is 12.1 Å². The minimum absolute atomic E-state index is 0.441. The number of nitrogens with two attached hydrogens (primary N) is 1. The number of nitrogens with one attached hydrogen (secondary N) is 1. The molecule has 0 radical (unpaired) electrons. The fourth-order valence-electron chi connectivity index (χ4n) is 2.75. The minimum Gasteiger partial charge on any atom is -0.383 e. The normalized spacial score (nSPS) is 10.6. The number of benzene rings is 2. The summed E-state index contributed by atoms with van der Waals surface area (Å²) in [6, 6.07) is 19.2. The Morgan fingerprint density at radius 1 is 0.958 bits per heavy atom. The Labute approximate surface area is 137 Å². The van der Waals surface area contributed by atoms with Gasteiger partial charge in [-0.15, -0.1) is 10.2 Å². The third-order valence-corrected chi connectivity index (χ3v) is 3.83. The van der Waals surface area contributed by atoms with Gasteiger partial charge in [0, 0.05) is 11.1 Å². The molecule has 0 aliphatic heterocycles. The second kappa shape index (κ2) is 5.48. The first-order chi connectivity index (χ1) is 11.8. The van der Waals surface area contributed by atoms with Crippen LogP contribution >= 0.6 is 0 Å². The van der Waals surface area contributed by atoms with Crippen LogP contribution in [0.1, 0.15) is 5.56 Å². The number of H-pyrrole nitrogens is 1. The second-order valence-electron chi connectivity index (χ2n) is 5.32. The summed E-state index contributed by atoms with van der Waals surface area (Å²) in [7, 11) is 0. The maximum atomic E-state index is 9.16. The number of aromatic nitrogens is 4. The minimum atomic E-state index is 0.441. The van der Waals surface area contributed by atoms with Crippen LogP contribution in [-0.2, 0) is 0 Å². The molecule has 6 nitrogen and oxygen atoms in total. The van der Waals surface area contributed by atoms with Crippen molar-refractivity contribution in [3.05, 3.63) is 60.2 Å². The molecule has 0 bridgehead atoms. The van der Waals surface area contributed by atoms with Gasteiger partial charge in [-0.2, -0.15) is 10.4 Å². The largest absolute Gasteiger partial charge is 0.383 e. The van der Waals surface area contributed by atoms with Crippen molar-refractivity contribution in [2.45, 2.75) is 0 Å². The predicted molar refractivity (Wildman–Crippen MR) is 91.7 cm³/mol. The molecule has 0 fully saturated rings. The molecule has 0 amide bonds. The standard InChI is InChI=1S/C18H12N6/c19-10-11-5-4-8-13(9-11)16-14(12-6-2-1-3-7-12)15-17(20)22-24-18(15)23-21-16/h1-9H,(H3,20,22,23,24). The molecule has 0 aliphatic rings. The summed E-state index contributed by atoms with van der Waals surface area (Å²) in [5, 5.41) is 25.3. The van der Waals surface area contributed by atoms with Crippen LogP contribution in [0, 0.1) is 11.3 Å². The van der Waals surface area contributed by atoms with Gasteiger partial charge in [0.1, 0.15) is 11.5 Å². The van der Waals surface area contributed by atoms with E-state index in [-0.39, 0.29) is 0 Å². The number of rotatable bonds is 2. The lowest BCUT2D eigenvalue weighted by molar-refractivity contribution is 1.03. The zero-order valence-corrected chi connectivity index (χ0v) is 12.6. The lowest BCUT2D eigenvalue weighted by Gasteiger charge is -2.10. The molecule has 0 spiro atoms. The Balaban J connectivity index is 2.09. The SMILES string of the molecule is N#Cc1cccc(-c2nnc3n[nH]c(N)c3c2-c2ccccc2)c1. The van der Waals surface area contributed by atoms with Crippen LogP contribution in [0.2, 0.25) is 0 Å². The molecule has 2 heterocycles. The molecule has 0 aliphatic carbocycles. The van der Waals surface area contributed by atoms with E-state index in [1.165, 1.54) is 0 Å². The van der Waals surface area contributed by atoms with Gasteiger partial charge in [-0.1, -0.05) is 42.5 Å². The van der Waals surface area contributed by atoms with Crippen LogP contribution < -0.4 is 5.73 Å². The predicted octanol–water partition coefficient (Wildman–Crippen LogP) is 3.14. The molecule has 0 saturated carbocycles. The number of hydrogen-bond acceptors (Lipinski definition) is 5. The number of hydrogen-bond donors (Lipinski definition) is 2. The summed E-state index contributed by atoms with van der Waals surface area (Å²) in [4.78, 5) is 0. The maximum Gasteiger partial charge on any atom is 0.205 e. The monoisotopic (exact) mass is 312 g/mol. The van der Waals surface area contributed by atoms with Crippen molar-refractivity contribution in [2.75, 3.05) is 5.73 Å². The van der Waals surface area contributed by atoms with E-state index in [1.807, 2.05) is 42.5 Å². The van der Waals surface area contributed by atoms with Crippen LogP contribution in [0.3, 0.4) is 0 Å². The highest BCUT2D eigenvalue weighted by Crippen LogP contribution is 2.37. The zero-order valence-electron chi connectivity index (χ0n) is 12.6. The number of aromatic amines is 1. The van der Waals surface area contributed by atoms with Gasteiger partial charge in [-0.3, -0.25) is 5.10 Å². The third kappa shape index (κ3) is 2.16. The summed E-state index contributed by atoms with van der Waals surface area (Å²) in [5.41, 5.74) is 10.4. The van der Waals surface area contributed by atoms with Gasteiger partial charge in [-0.05, 0) is 17.7 Å². The van der Waals surface area contributed by atoms with E-state index in [0.717, 1.165) is 22.1 Å². The van der Waals surface area contributed by atoms with E-state index in [2.05, 4.69) is 26.5 Å². The molecule has 2 aromatic heterocycles. The molecule has 114 valence electrons. The van der Waals surface area contributed by atoms with Crippen molar-refractivity contribution in [3.8, 4) is 28.5 Å². The Bertz CT molecular complexity index is 1080. The summed E-state index contributed by atoms with van der Waals surface area (Å²) >= 11 is 0. The molecule has 0 unspecified atom stereocenters. The van der Waals surface area contributed by atoms with Crippen molar-refractivity contribution in [2.24, 2.45) is 0 Å². The highest BCUT2D eigenvalue weighted by molar-refractivity contribution is 6.04. The van der Waals surface area contributed by atoms with Gasteiger partial charge < -0.3 is 5.73 Å². The number of fused-ring (bicyclic) bond motifs is 1. The van der Waals surface area contributed by atoms with Crippen molar-refractivity contribution >= 4 is 16.9 Å². The van der Waals surface area contributed by atoms with Gasteiger partial charge in [0.15, 0.2) is 0 Å². The topological polar surface area (TPSA) is 104 Å². The molecule has 3 N–H and O–H groups in total. The molecule has 24 heavy (non-hydrogen) atoms. The average molecular weight is 312 g/mol. The molecule has 0 saturated heterocycles. The van der Waals surface area contributed by atoms with E-state index in [4.69, 9.17) is 11.0 Å². The summed E-state index contributed by atoms with van der Waals surface area (Å²) in [5.74, 6) is 0.441. The quantitative estimate of drug-likeness (QED) is 0.591. The van der Waals surface area contributed by atoms with Gasteiger partial charge in [0.05, 0.1) is 17.0 Å². The Hall–Kier alpha value is -3.72. The first-order valence-corrected chi connectivity index (χ1v) is 7.34. The maximum absolute atomic E-state index is 9.16. The summed E-state index contributed by atoms with van der Waals surface area (Å²) in [6.45, 7) is 0. The fourth-order valence-corrected chi connectivity index (χ4v) is 2.75. The molecular formula is C18H12N6. The highest BCUT2D eigenvalue weighted by Gasteiger charge is 2.18. The van der Waals surface area contributed by atoms with E-state index in [0.29, 0.717) is 22.7 Å². The van der Waals surface area contributed by atoms with Gasteiger partial charge in [0.25, 0.3) is 0 Å². The Kier molecular flexibility index (Phi) is 3.18. The van der Waals surface area contributed by atoms with Crippen LogP contribution in [-0.4, -0.2) is 20.4 Å². The molecule has 4 rings (SSSR count). The Morgan fingerprint density at radius 3 is 2.54 bits per heavy atom. The van der Waals surface area contributed by atoms with Crippen molar-refractivity contribution in [3.63, 3.8) is 0 Å². The van der Waals surface area contributed by atoms with Gasteiger partial charge in [0.2, 0.25) is 5.65 Å². The summed E-state index contributed by atoms with van der Waals surface area (Å²) in [6.07, 6.45) is 0. The van der Waals surface area contributed by atoms with Gasteiger partial charge >= 0.3 is 0 Å². The molecule has 4 aromatic rings. The number of nitriles is 1. The van der Waals surface area contributed by atoms with Gasteiger partial charge in [-0.25, -0.2) is 0 Å². The molecule has 6 heteroatoms. The van der Waals surface area contributed by atoms with Crippen LogP contribution in [0.15, 0.2) is 54.6 Å². The van der Waals surface area contributed by atoms with Crippen LogP contribution in [0.5, 0.6) is 0 Å². The van der Waals surface area contributed by atoms with Crippen LogP contribution in [0.25, 0.3) is 33.4 Å². The van der Waals surface area contributed by atoms with Crippen molar-refractivity contribution in [1.82, 2.24) is 20.4 Å². The number of anilines is 1. The highest BCUT2D eigenvalue weighted by atomic mass is 15.2. The lowest BCUT2D eigenvalue weighted by Crippen LogP contribution is -1.96. The first-order valence-electron chi connectivity index (χ1n) is 7.34. The third-order valence-electron chi connectivity index (χ3n) is 3.83. The smallest absolute Gasteiger partial charge is 0.205 e. The van der Waals surface area contributed by atoms with E-state index < -0.39 is 0 Å². The zero-order chi connectivity index (χ0) is 16.5. The molecule has 0 atom stereocenters.